The molecule has 0 N–H and O–H groups in total. The van der Waals surface area contributed by atoms with Gasteiger partial charge in [-0.3, -0.25) is 14.5 Å². The van der Waals surface area contributed by atoms with E-state index in [0.29, 0.717) is 12.1 Å². The minimum Gasteiger partial charge on any atom is -0.295 e. The number of rotatable bonds is 5. The quantitative estimate of drug-likeness (QED) is 0.846. The van der Waals surface area contributed by atoms with Crippen molar-refractivity contribution < 1.29 is 0 Å². The Balaban J connectivity index is 1.45. The molecule has 2 fully saturated rings. The molecule has 0 radical (unpaired) electrons. The summed E-state index contributed by atoms with van der Waals surface area (Å²) in [6.45, 7) is 4.50. The van der Waals surface area contributed by atoms with Crippen molar-refractivity contribution in [1.82, 2.24) is 24.8 Å². The normalized spacial score (nSPS) is 25.5. The fourth-order valence-electron chi connectivity index (χ4n) is 4.45. The van der Waals surface area contributed by atoms with Gasteiger partial charge in [0, 0.05) is 32.2 Å². The van der Waals surface area contributed by atoms with E-state index in [4.69, 9.17) is 0 Å². The Bertz CT molecular complexity index is 653. The maximum Gasteiger partial charge on any atom is 0.0738 e. The van der Waals surface area contributed by atoms with Crippen LogP contribution in [-0.4, -0.2) is 50.0 Å². The van der Waals surface area contributed by atoms with E-state index in [1.54, 1.807) is 0 Å². The number of benzene rings is 1. The van der Waals surface area contributed by atoms with Crippen molar-refractivity contribution in [3.8, 4) is 0 Å². The van der Waals surface area contributed by atoms with Gasteiger partial charge in [0.25, 0.3) is 0 Å². The third kappa shape index (κ3) is 3.23. The standard InChI is InChI=1S/C19H27N5/c1-22-17(13-20-21-22)15-24-12-6-10-19(24)18-9-5-11-23(18)14-16-7-3-2-4-8-16/h2-4,7-8,13,18-19H,5-6,9-12,14-15H2,1H3. The summed E-state index contributed by atoms with van der Waals surface area (Å²) in [4.78, 5) is 5.37. The molecule has 2 aliphatic heterocycles. The second-order valence-corrected chi connectivity index (χ2v) is 7.19. The Morgan fingerprint density at radius 2 is 1.62 bits per heavy atom. The van der Waals surface area contributed by atoms with E-state index in [0.717, 1.165) is 13.1 Å². The van der Waals surface area contributed by atoms with E-state index in [2.05, 4.69) is 50.4 Å². The molecule has 0 bridgehead atoms. The highest BCUT2D eigenvalue weighted by molar-refractivity contribution is 5.15. The summed E-state index contributed by atoms with van der Waals surface area (Å²) in [6.07, 6.45) is 7.20. The van der Waals surface area contributed by atoms with Crippen molar-refractivity contribution in [3.63, 3.8) is 0 Å². The largest absolute Gasteiger partial charge is 0.295 e. The molecule has 2 atom stereocenters. The van der Waals surface area contributed by atoms with Gasteiger partial charge < -0.3 is 0 Å². The number of likely N-dealkylation sites (tertiary alicyclic amines) is 2. The predicted molar refractivity (Wildman–Crippen MR) is 94.3 cm³/mol. The van der Waals surface area contributed by atoms with Crippen LogP contribution in [-0.2, 0) is 20.1 Å². The Hall–Kier alpha value is -1.72. The lowest BCUT2D eigenvalue weighted by Gasteiger charge is -2.35. The molecule has 3 heterocycles. The minimum atomic E-state index is 0.672. The van der Waals surface area contributed by atoms with Crippen LogP contribution in [0.3, 0.4) is 0 Å². The molecular formula is C19H27N5. The molecule has 24 heavy (non-hydrogen) atoms. The van der Waals surface area contributed by atoms with Crippen LogP contribution in [0.5, 0.6) is 0 Å². The van der Waals surface area contributed by atoms with Crippen molar-refractivity contribution in [2.75, 3.05) is 13.1 Å². The van der Waals surface area contributed by atoms with Crippen LogP contribution in [0, 0.1) is 0 Å². The number of nitrogens with zero attached hydrogens (tertiary/aromatic N) is 5. The number of aryl methyl sites for hydroxylation is 1. The molecule has 5 nitrogen and oxygen atoms in total. The molecule has 2 aliphatic rings. The second kappa shape index (κ2) is 7.03. The summed E-state index contributed by atoms with van der Waals surface area (Å²) in [6, 6.07) is 12.3. The molecule has 128 valence electrons. The number of hydrogen-bond donors (Lipinski definition) is 0. The molecule has 0 aliphatic carbocycles. The van der Waals surface area contributed by atoms with Gasteiger partial charge in [-0.15, -0.1) is 5.10 Å². The van der Waals surface area contributed by atoms with Gasteiger partial charge in [0.2, 0.25) is 0 Å². The lowest BCUT2D eigenvalue weighted by molar-refractivity contribution is 0.122. The number of hydrogen-bond acceptors (Lipinski definition) is 4. The van der Waals surface area contributed by atoms with Crippen LogP contribution in [0.2, 0.25) is 0 Å². The molecular weight excluding hydrogens is 298 g/mol. The third-order valence-electron chi connectivity index (χ3n) is 5.67. The zero-order valence-electron chi connectivity index (χ0n) is 14.5. The average Bonchev–Trinajstić information content (AvgIpc) is 3.31. The molecule has 1 aromatic heterocycles. The third-order valence-corrected chi connectivity index (χ3v) is 5.67. The Morgan fingerprint density at radius 3 is 2.25 bits per heavy atom. The maximum atomic E-state index is 4.08. The highest BCUT2D eigenvalue weighted by Gasteiger charge is 2.37. The average molecular weight is 325 g/mol. The number of aromatic nitrogens is 3. The lowest BCUT2D eigenvalue weighted by atomic mass is 10.0. The van der Waals surface area contributed by atoms with E-state index in [1.807, 2.05) is 17.9 Å². The van der Waals surface area contributed by atoms with E-state index >= 15 is 0 Å². The fraction of sp³-hybridized carbons (Fsp3) is 0.579. The molecule has 2 unspecified atom stereocenters. The molecule has 1 aromatic carbocycles. The van der Waals surface area contributed by atoms with Crippen molar-refractivity contribution >= 4 is 0 Å². The topological polar surface area (TPSA) is 37.2 Å². The summed E-state index contributed by atoms with van der Waals surface area (Å²) in [5.41, 5.74) is 2.65. The Labute approximate surface area is 144 Å². The summed E-state index contributed by atoms with van der Waals surface area (Å²) in [7, 11) is 1.99. The van der Waals surface area contributed by atoms with E-state index in [-0.39, 0.29) is 0 Å². The summed E-state index contributed by atoms with van der Waals surface area (Å²) in [5.74, 6) is 0. The first-order valence-electron chi connectivity index (χ1n) is 9.17. The first-order valence-corrected chi connectivity index (χ1v) is 9.17. The van der Waals surface area contributed by atoms with Crippen LogP contribution in [0.25, 0.3) is 0 Å². The van der Waals surface area contributed by atoms with Crippen molar-refractivity contribution in [2.45, 2.75) is 50.9 Å². The summed E-state index contributed by atoms with van der Waals surface area (Å²) in [5, 5.41) is 8.11. The van der Waals surface area contributed by atoms with Gasteiger partial charge in [0.1, 0.15) is 0 Å². The van der Waals surface area contributed by atoms with Gasteiger partial charge in [0.15, 0.2) is 0 Å². The van der Waals surface area contributed by atoms with Crippen LogP contribution in [0.4, 0.5) is 0 Å². The van der Waals surface area contributed by atoms with Gasteiger partial charge in [-0.2, -0.15) is 0 Å². The molecule has 0 saturated carbocycles. The lowest BCUT2D eigenvalue weighted by Crippen LogP contribution is -2.45. The highest BCUT2D eigenvalue weighted by Crippen LogP contribution is 2.31. The van der Waals surface area contributed by atoms with Crippen LogP contribution >= 0.6 is 0 Å². The Morgan fingerprint density at radius 1 is 0.958 bits per heavy atom. The van der Waals surface area contributed by atoms with E-state index < -0.39 is 0 Å². The van der Waals surface area contributed by atoms with Gasteiger partial charge in [-0.25, -0.2) is 0 Å². The van der Waals surface area contributed by atoms with Gasteiger partial charge in [-0.05, 0) is 44.3 Å². The fourth-order valence-corrected chi connectivity index (χ4v) is 4.45. The van der Waals surface area contributed by atoms with Crippen LogP contribution < -0.4 is 0 Å². The second-order valence-electron chi connectivity index (χ2n) is 7.19. The van der Waals surface area contributed by atoms with E-state index in [9.17, 15) is 0 Å². The smallest absolute Gasteiger partial charge is 0.0738 e. The van der Waals surface area contributed by atoms with Crippen LogP contribution in [0.15, 0.2) is 36.5 Å². The van der Waals surface area contributed by atoms with Crippen LogP contribution in [0.1, 0.15) is 36.9 Å². The molecule has 2 aromatic rings. The van der Waals surface area contributed by atoms with Gasteiger partial charge >= 0.3 is 0 Å². The minimum absolute atomic E-state index is 0.672. The SMILES string of the molecule is Cn1nncc1CN1CCCC1C1CCCN1Cc1ccccc1. The van der Waals surface area contributed by atoms with Crippen molar-refractivity contribution in [3.05, 3.63) is 47.8 Å². The first-order chi connectivity index (χ1) is 11.8. The zero-order chi connectivity index (χ0) is 16.4. The molecule has 5 heteroatoms. The summed E-state index contributed by atoms with van der Waals surface area (Å²) < 4.78 is 1.91. The molecule has 0 spiro atoms. The van der Waals surface area contributed by atoms with Crippen molar-refractivity contribution in [1.29, 1.82) is 0 Å². The van der Waals surface area contributed by atoms with Crippen molar-refractivity contribution in [2.24, 2.45) is 7.05 Å². The molecule has 0 amide bonds. The van der Waals surface area contributed by atoms with Gasteiger partial charge in [0.05, 0.1) is 11.9 Å². The highest BCUT2D eigenvalue weighted by atomic mass is 15.4. The molecule has 4 rings (SSSR count). The predicted octanol–water partition coefficient (Wildman–Crippen LogP) is 2.44. The van der Waals surface area contributed by atoms with E-state index in [1.165, 1.54) is 50.0 Å². The molecule has 2 saturated heterocycles. The van der Waals surface area contributed by atoms with Gasteiger partial charge in [-0.1, -0.05) is 35.5 Å². The monoisotopic (exact) mass is 325 g/mol. The first kappa shape index (κ1) is 15.8. The maximum absolute atomic E-state index is 4.08. The zero-order valence-corrected chi connectivity index (χ0v) is 14.5. The summed E-state index contributed by atoms with van der Waals surface area (Å²) >= 11 is 0. The Kier molecular flexibility index (Phi) is 4.63.